The van der Waals surface area contributed by atoms with Crippen LogP contribution < -0.4 is 10.6 Å². The zero-order valence-electron chi connectivity index (χ0n) is 11.3. The standard InChI is InChI=1S/C14H20F2N2O/c1-10(2)8-18-14(19)3-4-17-9-11-5-12(15)7-13(16)6-11/h5-7,10,17H,3-4,8-9H2,1-2H3,(H,18,19). The van der Waals surface area contributed by atoms with Crippen molar-refractivity contribution in [2.24, 2.45) is 5.92 Å². The molecule has 1 aromatic carbocycles. The first-order valence-electron chi connectivity index (χ1n) is 6.39. The SMILES string of the molecule is CC(C)CNC(=O)CCNCc1cc(F)cc(F)c1. The van der Waals surface area contributed by atoms with Gasteiger partial charge < -0.3 is 10.6 Å². The molecule has 0 aliphatic rings. The fraction of sp³-hybridized carbons (Fsp3) is 0.500. The minimum Gasteiger partial charge on any atom is -0.356 e. The second-order valence-corrected chi connectivity index (χ2v) is 4.90. The second-order valence-electron chi connectivity index (χ2n) is 4.90. The van der Waals surface area contributed by atoms with E-state index in [1.807, 2.05) is 13.8 Å². The van der Waals surface area contributed by atoms with Crippen molar-refractivity contribution in [2.45, 2.75) is 26.8 Å². The summed E-state index contributed by atoms with van der Waals surface area (Å²) in [7, 11) is 0. The van der Waals surface area contributed by atoms with Crippen LogP contribution in [0.2, 0.25) is 0 Å². The molecule has 0 saturated heterocycles. The largest absolute Gasteiger partial charge is 0.356 e. The van der Waals surface area contributed by atoms with Gasteiger partial charge in [-0.1, -0.05) is 13.8 Å². The Morgan fingerprint density at radius 2 is 1.84 bits per heavy atom. The molecule has 0 saturated carbocycles. The summed E-state index contributed by atoms with van der Waals surface area (Å²) in [4.78, 5) is 11.4. The summed E-state index contributed by atoms with van der Waals surface area (Å²) in [6, 6.07) is 3.38. The van der Waals surface area contributed by atoms with Crippen molar-refractivity contribution in [3.05, 3.63) is 35.4 Å². The van der Waals surface area contributed by atoms with Gasteiger partial charge in [-0.15, -0.1) is 0 Å². The van der Waals surface area contributed by atoms with E-state index in [1.165, 1.54) is 12.1 Å². The van der Waals surface area contributed by atoms with Crippen molar-refractivity contribution in [1.29, 1.82) is 0 Å². The third kappa shape index (κ3) is 6.86. The molecule has 0 aliphatic heterocycles. The van der Waals surface area contributed by atoms with Crippen molar-refractivity contribution in [2.75, 3.05) is 13.1 Å². The number of hydrogen-bond acceptors (Lipinski definition) is 2. The highest BCUT2D eigenvalue weighted by Crippen LogP contribution is 2.07. The second kappa shape index (κ2) is 7.84. The van der Waals surface area contributed by atoms with Gasteiger partial charge in [-0.3, -0.25) is 4.79 Å². The van der Waals surface area contributed by atoms with Gasteiger partial charge in [0.25, 0.3) is 0 Å². The molecule has 1 aromatic rings. The van der Waals surface area contributed by atoms with Crippen LogP contribution in [-0.4, -0.2) is 19.0 Å². The highest BCUT2D eigenvalue weighted by atomic mass is 19.1. The van der Waals surface area contributed by atoms with E-state index in [1.54, 1.807) is 0 Å². The van der Waals surface area contributed by atoms with E-state index in [2.05, 4.69) is 10.6 Å². The molecule has 0 heterocycles. The molecular formula is C14H20F2N2O. The van der Waals surface area contributed by atoms with E-state index in [9.17, 15) is 13.6 Å². The summed E-state index contributed by atoms with van der Waals surface area (Å²) in [6.45, 7) is 5.52. The molecule has 1 amide bonds. The van der Waals surface area contributed by atoms with E-state index in [0.29, 0.717) is 37.5 Å². The van der Waals surface area contributed by atoms with Crippen molar-refractivity contribution >= 4 is 5.91 Å². The summed E-state index contributed by atoms with van der Waals surface area (Å²) in [6.07, 6.45) is 0.352. The summed E-state index contributed by atoms with van der Waals surface area (Å²) < 4.78 is 25.8. The zero-order valence-corrected chi connectivity index (χ0v) is 11.3. The molecule has 106 valence electrons. The van der Waals surface area contributed by atoms with Gasteiger partial charge in [0.05, 0.1) is 0 Å². The Kier molecular flexibility index (Phi) is 6.42. The Balaban J connectivity index is 2.21. The van der Waals surface area contributed by atoms with Crippen LogP contribution in [0.4, 0.5) is 8.78 Å². The van der Waals surface area contributed by atoms with Crippen LogP contribution in [0.15, 0.2) is 18.2 Å². The summed E-state index contributed by atoms with van der Waals surface area (Å²) >= 11 is 0. The fourth-order valence-electron chi connectivity index (χ4n) is 1.55. The van der Waals surface area contributed by atoms with Crippen molar-refractivity contribution in [3.63, 3.8) is 0 Å². The molecule has 1 rings (SSSR count). The molecule has 0 bridgehead atoms. The first-order valence-corrected chi connectivity index (χ1v) is 6.39. The third-order valence-corrected chi connectivity index (χ3v) is 2.49. The summed E-state index contributed by atoms with van der Waals surface area (Å²) in [5.74, 6) is -0.781. The predicted octanol–water partition coefficient (Wildman–Crippen LogP) is 2.22. The van der Waals surface area contributed by atoms with Crippen molar-refractivity contribution in [1.82, 2.24) is 10.6 Å². The third-order valence-electron chi connectivity index (χ3n) is 2.49. The molecule has 0 fully saturated rings. The van der Waals surface area contributed by atoms with Crippen LogP contribution in [0, 0.1) is 17.6 Å². The van der Waals surface area contributed by atoms with Gasteiger partial charge in [-0.2, -0.15) is 0 Å². The average Bonchev–Trinajstić information content (AvgIpc) is 2.31. The molecule has 0 radical (unpaired) electrons. The zero-order chi connectivity index (χ0) is 14.3. The number of carbonyl (C=O) groups is 1. The Morgan fingerprint density at radius 1 is 1.21 bits per heavy atom. The van der Waals surface area contributed by atoms with Gasteiger partial charge in [-0.25, -0.2) is 8.78 Å². The smallest absolute Gasteiger partial charge is 0.221 e. The highest BCUT2D eigenvalue weighted by molar-refractivity contribution is 5.76. The van der Waals surface area contributed by atoms with Gasteiger partial charge in [0, 0.05) is 32.1 Å². The van der Waals surface area contributed by atoms with Gasteiger partial charge in [-0.05, 0) is 23.6 Å². The van der Waals surface area contributed by atoms with Crippen LogP contribution in [0.3, 0.4) is 0 Å². The lowest BCUT2D eigenvalue weighted by Gasteiger charge is -2.08. The van der Waals surface area contributed by atoms with Crippen LogP contribution in [0.5, 0.6) is 0 Å². The maximum Gasteiger partial charge on any atom is 0.221 e. The number of benzene rings is 1. The van der Waals surface area contributed by atoms with Crippen molar-refractivity contribution in [3.8, 4) is 0 Å². The summed E-state index contributed by atoms with van der Waals surface area (Å²) in [5.41, 5.74) is 0.528. The molecule has 2 N–H and O–H groups in total. The van der Waals surface area contributed by atoms with E-state index in [-0.39, 0.29) is 5.91 Å². The summed E-state index contributed by atoms with van der Waals surface area (Å²) in [5, 5.41) is 5.78. The number of nitrogens with one attached hydrogen (secondary N) is 2. The quantitative estimate of drug-likeness (QED) is 0.746. The number of halogens is 2. The predicted molar refractivity (Wildman–Crippen MR) is 70.5 cm³/mol. The van der Waals surface area contributed by atoms with E-state index in [4.69, 9.17) is 0 Å². The van der Waals surface area contributed by atoms with Crippen molar-refractivity contribution < 1.29 is 13.6 Å². The number of rotatable bonds is 7. The lowest BCUT2D eigenvalue weighted by atomic mass is 10.2. The first kappa shape index (κ1) is 15.6. The fourth-order valence-corrected chi connectivity index (χ4v) is 1.55. The Labute approximate surface area is 112 Å². The average molecular weight is 270 g/mol. The topological polar surface area (TPSA) is 41.1 Å². The van der Waals surface area contributed by atoms with Crippen LogP contribution in [-0.2, 0) is 11.3 Å². The highest BCUT2D eigenvalue weighted by Gasteiger charge is 2.03. The normalized spacial score (nSPS) is 10.8. The molecular weight excluding hydrogens is 250 g/mol. The number of amides is 1. The van der Waals surface area contributed by atoms with Gasteiger partial charge >= 0.3 is 0 Å². The maximum absolute atomic E-state index is 12.9. The van der Waals surface area contributed by atoms with E-state index >= 15 is 0 Å². The first-order chi connectivity index (χ1) is 8.97. The lowest BCUT2D eigenvalue weighted by Crippen LogP contribution is -2.30. The molecule has 0 aliphatic carbocycles. The minimum absolute atomic E-state index is 0.0216. The van der Waals surface area contributed by atoms with E-state index < -0.39 is 11.6 Å². The van der Waals surface area contributed by atoms with Crippen LogP contribution in [0.1, 0.15) is 25.8 Å². The molecule has 3 nitrogen and oxygen atoms in total. The van der Waals surface area contributed by atoms with Gasteiger partial charge in [0.1, 0.15) is 11.6 Å². The molecule has 0 aromatic heterocycles. The van der Waals surface area contributed by atoms with Gasteiger partial charge in [0.15, 0.2) is 0 Å². The minimum atomic E-state index is -0.591. The van der Waals surface area contributed by atoms with Crippen LogP contribution >= 0.6 is 0 Å². The Hall–Kier alpha value is -1.49. The maximum atomic E-state index is 12.9. The van der Waals surface area contributed by atoms with E-state index in [0.717, 1.165) is 6.07 Å². The molecule has 0 unspecified atom stereocenters. The molecule has 0 spiro atoms. The van der Waals surface area contributed by atoms with Gasteiger partial charge in [0.2, 0.25) is 5.91 Å². The Bertz CT molecular complexity index is 402. The Morgan fingerprint density at radius 3 is 2.42 bits per heavy atom. The monoisotopic (exact) mass is 270 g/mol. The van der Waals surface area contributed by atoms with Crippen LogP contribution in [0.25, 0.3) is 0 Å². The number of hydrogen-bond donors (Lipinski definition) is 2. The molecule has 0 atom stereocenters. The molecule has 19 heavy (non-hydrogen) atoms. The lowest BCUT2D eigenvalue weighted by molar-refractivity contribution is -0.121. The molecule has 5 heteroatoms. The number of carbonyl (C=O) groups excluding carboxylic acids is 1.